The second kappa shape index (κ2) is 5.66. The number of halogens is 7. The van der Waals surface area contributed by atoms with Gasteiger partial charge >= 0.3 is 22.6 Å². The third kappa shape index (κ3) is 3.76. The third-order valence-electron chi connectivity index (χ3n) is 1.99. The van der Waals surface area contributed by atoms with Crippen LogP contribution in [0.4, 0.5) is 26.3 Å². The van der Waals surface area contributed by atoms with Crippen molar-refractivity contribution in [3.8, 4) is 0 Å². The van der Waals surface area contributed by atoms with E-state index in [1.54, 1.807) is 13.8 Å². The van der Waals surface area contributed by atoms with Crippen LogP contribution in [0, 0.1) is 5.92 Å². The average Bonchev–Trinajstić information content (AvgIpc) is 2.11. The van der Waals surface area contributed by atoms with Gasteiger partial charge in [0.15, 0.2) is 0 Å². The van der Waals surface area contributed by atoms with Crippen LogP contribution in [0.15, 0.2) is 0 Å². The minimum Gasteiger partial charge on any atom is -0.464 e. The van der Waals surface area contributed by atoms with Crippen molar-refractivity contribution in [1.29, 1.82) is 0 Å². The Morgan fingerprint density at radius 1 is 1.11 bits per heavy atom. The number of carbonyl (C=O) groups excluding carboxylic acids is 1. The van der Waals surface area contributed by atoms with Crippen molar-refractivity contribution in [3.05, 3.63) is 0 Å². The fourth-order valence-electron chi connectivity index (χ4n) is 0.879. The Kier molecular flexibility index (Phi) is 5.52. The number of esters is 1. The summed E-state index contributed by atoms with van der Waals surface area (Å²) in [5.74, 6) is -2.41. The molecule has 0 saturated carbocycles. The molecule has 0 bridgehead atoms. The van der Waals surface area contributed by atoms with E-state index < -0.39 is 29.3 Å². The summed E-state index contributed by atoms with van der Waals surface area (Å²) in [6.45, 7) is 2.86. The van der Waals surface area contributed by atoms with E-state index in [9.17, 15) is 31.1 Å². The molecule has 0 aromatic carbocycles. The Hall–Kier alpha value is -0.470. The highest BCUT2D eigenvalue weighted by molar-refractivity contribution is 9.10. The average molecular weight is 345 g/mol. The molecule has 0 aliphatic carbocycles. The number of alkyl halides is 7. The molecule has 0 aliphatic heterocycles. The summed E-state index contributed by atoms with van der Waals surface area (Å²) >= 11 is 1.43. The molecule has 0 aromatic rings. The van der Waals surface area contributed by atoms with Crippen molar-refractivity contribution in [2.45, 2.75) is 36.9 Å². The van der Waals surface area contributed by atoms with Crippen LogP contribution in [0.3, 0.4) is 0 Å². The zero-order valence-corrected chi connectivity index (χ0v) is 11.0. The summed E-state index contributed by atoms with van der Waals surface area (Å²) in [5, 5.41) is 0. The van der Waals surface area contributed by atoms with Gasteiger partial charge in [0, 0.05) is 0 Å². The fraction of sp³-hybridized carbons (Fsp3) is 0.889. The zero-order chi connectivity index (χ0) is 14.8. The Balaban J connectivity index is 4.97. The van der Waals surface area contributed by atoms with Crippen molar-refractivity contribution in [2.24, 2.45) is 5.92 Å². The van der Waals surface area contributed by atoms with Crippen LogP contribution in [0.1, 0.15) is 20.3 Å². The number of rotatable bonds is 4. The maximum atomic E-state index is 12.4. The van der Waals surface area contributed by atoms with Gasteiger partial charge in [0.05, 0.1) is 6.61 Å². The van der Waals surface area contributed by atoms with Gasteiger partial charge in [-0.3, -0.25) is 0 Å². The van der Waals surface area contributed by atoms with E-state index in [0.717, 1.165) is 0 Å². The van der Waals surface area contributed by atoms with Crippen molar-refractivity contribution >= 4 is 21.9 Å². The second-order valence-electron chi connectivity index (χ2n) is 3.97. The molecule has 0 rings (SSSR count). The van der Waals surface area contributed by atoms with Gasteiger partial charge in [0.25, 0.3) is 0 Å². The summed E-state index contributed by atoms with van der Waals surface area (Å²) in [7, 11) is 0. The highest BCUT2D eigenvalue weighted by atomic mass is 79.9. The zero-order valence-electron chi connectivity index (χ0n) is 9.45. The molecule has 0 heterocycles. The lowest BCUT2D eigenvalue weighted by Crippen LogP contribution is -2.58. The molecule has 0 radical (unpaired) electrons. The Morgan fingerprint density at radius 3 is 1.78 bits per heavy atom. The number of hydrogen-bond donors (Lipinski definition) is 0. The van der Waals surface area contributed by atoms with Crippen LogP contribution < -0.4 is 0 Å². The Labute approximate surface area is 108 Å². The summed E-state index contributed by atoms with van der Waals surface area (Å²) in [6.07, 6.45) is -11.5. The molecule has 2 nitrogen and oxygen atoms in total. The summed E-state index contributed by atoms with van der Waals surface area (Å²) in [4.78, 5) is 11.0. The van der Waals surface area contributed by atoms with Gasteiger partial charge in [0.2, 0.25) is 0 Å². The smallest absolute Gasteiger partial charge is 0.423 e. The SMILES string of the molecule is CC(C)CCOC(=O)C(Br)(C(F)(F)F)C(F)(F)F. The molecule has 0 unspecified atom stereocenters. The molecule has 0 spiro atoms. The van der Waals surface area contributed by atoms with Crippen LogP contribution in [-0.4, -0.2) is 29.3 Å². The van der Waals surface area contributed by atoms with Gasteiger partial charge in [-0.15, -0.1) is 0 Å². The van der Waals surface area contributed by atoms with Crippen molar-refractivity contribution in [2.75, 3.05) is 6.61 Å². The molecule has 9 heteroatoms. The first-order chi connectivity index (χ1) is 7.84. The number of carbonyl (C=O) groups is 1. The third-order valence-corrected chi connectivity index (χ3v) is 3.21. The van der Waals surface area contributed by atoms with E-state index >= 15 is 0 Å². The van der Waals surface area contributed by atoms with Gasteiger partial charge in [-0.2, -0.15) is 26.3 Å². The Morgan fingerprint density at radius 2 is 1.50 bits per heavy atom. The molecule has 0 saturated heterocycles. The molecule has 0 aromatic heterocycles. The first kappa shape index (κ1) is 17.5. The molecule has 108 valence electrons. The molecule has 18 heavy (non-hydrogen) atoms. The van der Waals surface area contributed by atoms with E-state index in [4.69, 9.17) is 0 Å². The van der Waals surface area contributed by atoms with E-state index in [2.05, 4.69) is 4.74 Å². The van der Waals surface area contributed by atoms with Crippen LogP contribution in [0.5, 0.6) is 0 Å². The summed E-state index contributed by atoms with van der Waals surface area (Å²) < 4.78 is 73.6. The quantitative estimate of drug-likeness (QED) is 0.440. The molecule has 0 N–H and O–H groups in total. The van der Waals surface area contributed by atoms with Crippen LogP contribution in [-0.2, 0) is 9.53 Å². The molecule has 0 atom stereocenters. The molecule has 0 fully saturated rings. The van der Waals surface area contributed by atoms with Crippen LogP contribution in [0.25, 0.3) is 0 Å². The minimum atomic E-state index is -5.83. The highest BCUT2D eigenvalue weighted by Gasteiger charge is 2.75. The van der Waals surface area contributed by atoms with Gasteiger partial charge in [-0.1, -0.05) is 29.8 Å². The van der Waals surface area contributed by atoms with Crippen LogP contribution in [0.2, 0.25) is 0 Å². The lowest BCUT2D eigenvalue weighted by atomic mass is 10.1. The fourth-order valence-corrected chi connectivity index (χ4v) is 0.993. The first-order valence-electron chi connectivity index (χ1n) is 4.83. The predicted octanol–water partition coefficient (Wildman–Crippen LogP) is 3.83. The molecular weight excluding hydrogens is 334 g/mol. The van der Waals surface area contributed by atoms with Gasteiger partial charge in [-0.05, 0) is 12.3 Å². The van der Waals surface area contributed by atoms with Gasteiger partial charge in [0.1, 0.15) is 0 Å². The van der Waals surface area contributed by atoms with Crippen molar-refractivity contribution in [3.63, 3.8) is 0 Å². The maximum absolute atomic E-state index is 12.4. The molecular formula is C9H11BrF6O2. The van der Waals surface area contributed by atoms with Crippen molar-refractivity contribution in [1.82, 2.24) is 0 Å². The Bertz CT molecular complexity index is 282. The van der Waals surface area contributed by atoms with E-state index in [1.807, 2.05) is 0 Å². The largest absolute Gasteiger partial charge is 0.464 e. The standard InChI is InChI=1S/C9H11BrF6O2/c1-5(2)3-4-18-6(17)7(10,8(11,12)13)9(14,15)16/h5H,3-4H2,1-2H3. The molecule has 0 aliphatic rings. The van der Waals surface area contributed by atoms with Gasteiger partial charge in [-0.25, -0.2) is 4.79 Å². The second-order valence-corrected chi connectivity index (χ2v) is 5.16. The van der Waals surface area contributed by atoms with E-state index in [0.29, 0.717) is 0 Å². The lowest BCUT2D eigenvalue weighted by Gasteiger charge is -2.29. The highest BCUT2D eigenvalue weighted by Crippen LogP contribution is 2.50. The predicted molar refractivity (Wildman–Crippen MR) is 54.2 cm³/mol. The topological polar surface area (TPSA) is 26.3 Å². The van der Waals surface area contributed by atoms with E-state index in [1.165, 1.54) is 15.9 Å². The summed E-state index contributed by atoms with van der Waals surface area (Å²) in [6, 6.07) is 0. The number of ether oxygens (including phenoxy) is 1. The van der Waals surface area contributed by atoms with Crippen LogP contribution >= 0.6 is 15.9 Å². The maximum Gasteiger partial charge on any atom is 0.423 e. The van der Waals surface area contributed by atoms with Gasteiger partial charge < -0.3 is 4.74 Å². The summed E-state index contributed by atoms with van der Waals surface area (Å²) in [5.41, 5.74) is 0. The monoisotopic (exact) mass is 344 g/mol. The normalized spacial score (nSPS) is 13.9. The first-order valence-corrected chi connectivity index (χ1v) is 5.63. The lowest BCUT2D eigenvalue weighted by molar-refractivity contribution is -0.262. The molecule has 0 amide bonds. The van der Waals surface area contributed by atoms with E-state index in [-0.39, 0.29) is 12.3 Å². The minimum absolute atomic E-state index is 0.0145. The number of hydrogen-bond acceptors (Lipinski definition) is 2. The van der Waals surface area contributed by atoms with Crippen molar-refractivity contribution < 1.29 is 35.9 Å².